The second kappa shape index (κ2) is 5.50. The molecule has 1 heterocycles. The van der Waals surface area contributed by atoms with Crippen molar-refractivity contribution in [1.29, 1.82) is 0 Å². The van der Waals surface area contributed by atoms with E-state index >= 15 is 0 Å². The highest BCUT2D eigenvalue weighted by Gasteiger charge is 2.25. The minimum Gasteiger partial charge on any atom is -0.465 e. The first-order valence-corrected chi connectivity index (χ1v) is 7.73. The van der Waals surface area contributed by atoms with E-state index in [4.69, 9.17) is 10.2 Å². The van der Waals surface area contributed by atoms with Crippen molar-refractivity contribution in [2.45, 2.75) is 25.3 Å². The molecule has 2 rings (SSSR count). The van der Waals surface area contributed by atoms with Gasteiger partial charge in [0.1, 0.15) is 17.3 Å². The van der Waals surface area contributed by atoms with Crippen LogP contribution in [0.15, 0.2) is 33.6 Å². The molecule has 1 aromatic heterocycles. The normalized spacial score (nSPS) is 12.0. The van der Waals surface area contributed by atoms with E-state index in [-0.39, 0.29) is 17.1 Å². The van der Waals surface area contributed by atoms with E-state index in [1.807, 2.05) is 0 Å². The number of anilines is 1. The minimum absolute atomic E-state index is 0.00724. The number of aryl methyl sites for hydroxylation is 2. The maximum atomic E-state index is 13.3. The number of rotatable bonds is 4. The van der Waals surface area contributed by atoms with Crippen molar-refractivity contribution in [2.24, 2.45) is 0 Å². The molecule has 0 spiro atoms. The topological polar surface area (TPSA) is 76.5 Å². The lowest BCUT2D eigenvalue weighted by atomic mass is 10.2. The van der Waals surface area contributed by atoms with Crippen LogP contribution in [0.5, 0.6) is 0 Å². The van der Waals surface area contributed by atoms with Crippen molar-refractivity contribution in [2.75, 3.05) is 12.8 Å². The molecule has 1 aromatic carbocycles. The van der Waals surface area contributed by atoms with Gasteiger partial charge in [-0.05, 0) is 43.7 Å². The minimum atomic E-state index is -3.77. The molecule has 5 nitrogen and oxygen atoms in total. The van der Waals surface area contributed by atoms with Crippen LogP contribution in [0, 0.1) is 19.7 Å². The molecule has 0 aliphatic carbocycles. The second-order valence-corrected chi connectivity index (χ2v) is 6.93. The van der Waals surface area contributed by atoms with Gasteiger partial charge in [0.05, 0.1) is 17.1 Å². The lowest BCUT2D eigenvalue weighted by Gasteiger charge is -2.18. The lowest BCUT2D eigenvalue weighted by Crippen LogP contribution is -2.27. The van der Waals surface area contributed by atoms with E-state index in [0.717, 1.165) is 16.4 Å². The second-order valence-electron chi connectivity index (χ2n) is 4.91. The van der Waals surface area contributed by atoms with Crippen LogP contribution in [-0.2, 0) is 16.6 Å². The Bertz CT molecular complexity index is 769. The quantitative estimate of drug-likeness (QED) is 0.880. The van der Waals surface area contributed by atoms with Crippen molar-refractivity contribution in [3.05, 3.63) is 47.2 Å². The summed E-state index contributed by atoms with van der Waals surface area (Å²) in [5.74, 6) is 0.611. The molecule has 114 valence electrons. The summed E-state index contributed by atoms with van der Waals surface area (Å²) in [5.41, 5.74) is 5.58. The standard InChI is InChI=1S/C14H17FN2O3S/c1-9-6-12(15)13(16)7-14(9)21(18,19)17(3)8-11-5-4-10(2)20-11/h4-7H,8,16H2,1-3H3. The van der Waals surface area contributed by atoms with Gasteiger partial charge < -0.3 is 10.2 Å². The fraction of sp³-hybridized carbons (Fsp3) is 0.286. The molecule has 2 aromatic rings. The molecule has 0 aliphatic heterocycles. The molecule has 0 fully saturated rings. The highest BCUT2D eigenvalue weighted by atomic mass is 32.2. The van der Waals surface area contributed by atoms with Crippen LogP contribution in [0.4, 0.5) is 10.1 Å². The number of hydrogen-bond donors (Lipinski definition) is 1. The Labute approximate surface area is 123 Å². The van der Waals surface area contributed by atoms with Crippen molar-refractivity contribution in [3.63, 3.8) is 0 Å². The first-order chi connectivity index (χ1) is 9.71. The SMILES string of the molecule is Cc1ccc(CN(C)S(=O)(=O)c2cc(N)c(F)cc2C)o1. The van der Waals surface area contributed by atoms with Gasteiger partial charge in [0.2, 0.25) is 10.0 Å². The van der Waals surface area contributed by atoms with Gasteiger partial charge in [-0.2, -0.15) is 4.31 Å². The predicted octanol–water partition coefficient (Wildman–Crippen LogP) is 2.44. The van der Waals surface area contributed by atoms with E-state index in [9.17, 15) is 12.8 Å². The molecule has 0 amide bonds. The van der Waals surface area contributed by atoms with Crippen molar-refractivity contribution in [1.82, 2.24) is 4.31 Å². The third kappa shape index (κ3) is 3.08. The molecule has 2 N–H and O–H groups in total. The largest absolute Gasteiger partial charge is 0.465 e. The number of nitrogens with two attached hydrogens (primary N) is 1. The average molecular weight is 312 g/mol. The Kier molecular flexibility index (Phi) is 4.06. The summed E-state index contributed by atoms with van der Waals surface area (Å²) in [6, 6.07) is 5.74. The number of nitrogens with zero attached hydrogens (tertiary/aromatic N) is 1. The van der Waals surface area contributed by atoms with Crippen LogP contribution in [0.1, 0.15) is 17.1 Å². The Hall–Kier alpha value is -1.86. The van der Waals surface area contributed by atoms with Crippen LogP contribution in [0.2, 0.25) is 0 Å². The molecule has 7 heteroatoms. The van der Waals surface area contributed by atoms with E-state index in [1.165, 1.54) is 14.0 Å². The summed E-state index contributed by atoms with van der Waals surface area (Å²) < 4.78 is 44.9. The zero-order valence-corrected chi connectivity index (χ0v) is 12.9. The van der Waals surface area contributed by atoms with Crippen LogP contribution in [-0.4, -0.2) is 19.8 Å². The molecule has 0 atom stereocenters. The van der Waals surface area contributed by atoms with Gasteiger partial charge >= 0.3 is 0 Å². The molecular weight excluding hydrogens is 295 g/mol. The molecule has 21 heavy (non-hydrogen) atoms. The number of furan rings is 1. The molecule has 0 aliphatic rings. The summed E-state index contributed by atoms with van der Waals surface area (Å²) in [4.78, 5) is -0.00724. The van der Waals surface area contributed by atoms with Crippen LogP contribution < -0.4 is 5.73 Å². The van der Waals surface area contributed by atoms with Crippen LogP contribution in [0.3, 0.4) is 0 Å². The summed E-state index contributed by atoms with van der Waals surface area (Å²) in [5, 5.41) is 0. The van der Waals surface area contributed by atoms with Crippen molar-refractivity contribution < 1.29 is 17.2 Å². The average Bonchev–Trinajstić information content (AvgIpc) is 2.79. The van der Waals surface area contributed by atoms with Gasteiger partial charge in [-0.1, -0.05) is 0 Å². The zero-order chi connectivity index (χ0) is 15.8. The van der Waals surface area contributed by atoms with Crippen molar-refractivity contribution >= 4 is 15.7 Å². The van der Waals surface area contributed by atoms with Crippen molar-refractivity contribution in [3.8, 4) is 0 Å². The van der Waals surface area contributed by atoms with E-state index in [2.05, 4.69) is 0 Å². The third-order valence-electron chi connectivity index (χ3n) is 3.16. The number of nitrogen functional groups attached to an aromatic ring is 1. The van der Waals surface area contributed by atoms with Gasteiger partial charge in [0, 0.05) is 7.05 Å². The zero-order valence-electron chi connectivity index (χ0n) is 12.1. The molecule has 0 radical (unpaired) electrons. The molecule has 0 saturated carbocycles. The summed E-state index contributed by atoms with van der Waals surface area (Å²) >= 11 is 0. The van der Waals surface area contributed by atoms with Gasteiger partial charge in [-0.25, -0.2) is 12.8 Å². The van der Waals surface area contributed by atoms with Gasteiger partial charge in [-0.15, -0.1) is 0 Å². The maximum absolute atomic E-state index is 13.3. The van der Waals surface area contributed by atoms with E-state index < -0.39 is 15.8 Å². The summed E-state index contributed by atoms with van der Waals surface area (Å²) in [6.45, 7) is 3.40. The van der Waals surface area contributed by atoms with Crippen LogP contribution >= 0.6 is 0 Å². The maximum Gasteiger partial charge on any atom is 0.243 e. The highest BCUT2D eigenvalue weighted by Crippen LogP contribution is 2.25. The Morgan fingerprint density at radius 1 is 1.29 bits per heavy atom. The number of benzene rings is 1. The Balaban J connectivity index is 2.35. The molecular formula is C14H17FN2O3S. The highest BCUT2D eigenvalue weighted by molar-refractivity contribution is 7.89. The van der Waals surface area contributed by atoms with Gasteiger partial charge in [-0.3, -0.25) is 0 Å². The molecule has 0 saturated heterocycles. The van der Waals surface area contributed by atoms with E-state index in [0.29, 0.717) is 17.1 Å². The summed E-state index contributed by atoms with van der Waals surface area (Å²) in [6.07, 6.45) is 0. The molecule has 0 unspecified atom stereocenters. The number of sulfonamides is 1. The monoisotopic (exact) mass is 312 g/mol. The summed E-state index contributed by atoms with van der Waals surface area (Å²) in [7, 11) is -2.33. The number of halogens is 1. The smallest absolute Gasteiger partial charge is 0.243 e. The van der Waals surface area contributed by atoms with Crippen LogP contribution in [0.25, 0.3) is 0 Å². The lowest BCUT2D eigenvalue weighted by molar-refractivity contribution is 0.397. The first-order valence-electron chi connectivity index (χ1n) is 6.29. The Morgan fingerprint density at radius 3 is 2.52 bits per heavy atom. The fourth-order valence-corrected chi connectivity index (χ4v) is 3.36. The first kappa shape index (κ1) is 15.5. The van der Waals surface area contributed by atoms with E-state index in [1.54, 1.807) is 19.1 Å². The predicted molar refractivity (Wildman–Crippen MR) is 77.6 cm³/mol. The fourth-order valence-electron chi connectivity index (χ4n) is 1.99. The third-order valence-corrected chi connectivity index (χ3v) is 5.10. The molecule has 0 bridgehead atoms. The van der Waals surface area contributed by atoms with Gasteiger partial charge in [0.25, 0.3) is 0 Å². The van der Waals surface area contributed by atoms with Gasteiger partial charge in [0.15, 0.2) is 0 Å². The Morgan fingerprint density at radius 2 is 1.95 bits per heavy atom. The number of hydrogen-bond acceptors (Lipinski definition) is 4.